The van der Waals surface area contributed by atoms with E-state index in [1.165, 1.54) is 6.08 Å². The van der Waals surface area contributed by atoms with Gasteiger partial charge in [-0.25, -0.2) is 8.78 Å². The summed E-state index contributed by atoms with van der Waals surface area (Å²) >= 11 is 0. The molecule has 0 saturated heterocycles. The smallest absolute Gasteiger partial charge is 0.162 e. The number of hydrogen-bond acceptors (Lipinski definition) is 3. The van der Waals surface area contributed by atoms with Gasteiger partial charge in [-0.15, -0.1) is 34.9 Å². The predicted molar refractivity (Wildman–Crippen MR) is 203 cm³/mol. The molecule has 0 aliphatic heterocycles. The number of aliphatic hydroxyl groups is 1. The van der Waals surface area contributed by atoms with Gasteiger partial charge < -0.3 is 10.1 Å². The molecule has 0 aliphatic carbocycles. The van der Waals surface area contributed by atoms with Gasteiger partial charge in [0.2, 0.25) is 0 Å². The van der Waals surface area contributed by atoms with E-state index in [-0.39, 0.29) is 49.3 Å². The molecule has 3 nitrogen and oxygen atoms in total. The number of rotatable bonds is 10. The Morgan fingerprint density at radius 1 is 0.812 bits per heavy atom. The Hall–Kier alpha value is -2.52. The number of ketones is 1. The first-order valence-electron chi connectivity index (χ1n) is 17.1. The summed E-state index contributed by atoms with van der Waals surface area (Å²) in [5.74, 6) is -0.167. The number of aromatic nitrogens is 1. The number of allylic oxidation sites excluding steroid dienone is 2. The quantitative estimate of drug-likeness (QED) is 0.0568. The SMILES string of the molecule is CCC(CC)C(=O)/C=C(\O)C(CC)CC.Cc1[c-]c(-c2nccc3c2ccc2c(F)c([Si](C)(C)C)c(F)c([Si](C)(C)C)c23)cc(C)c1.[Ir]. The fourth-order valence-electron chi connectivity index (χ4n) is 6.55. The first-order valence-corrected chi connectivity index (χ1v) is 24.1. The maximum absolute atomic E-state index is 16.1. The fourth-order valence-corrected chi connectivity index (χ4v) is 10.1. The normalized spacial score (nSPS) is 12.4. The van der Waals surface area contributed by atoms with Gasteiger partial charge in [0.25, 0.3) is 0 Å². The Balaban J connectivity index is 0.000000427. The number of benzene rings is 3. The van der Waals surface area contributed by atoms with Crippen molar-refractivity contribution >= 4 is 53.8 Å². The number of carbonyl (C=O) groups excluding carboxylic acids is 1. The summed E-state index contributed by atoms with van der Waals surface area (Å²) in [6, 6.07) is 13.2. The number of pyridine rings is 1. The Labute approximate surface area is 303 Å². The van der Waals surface area contributed by atoms with Crippen molar-refractivity contribution in [1.29, 1.82) is 0 Å². The van der Waals surface area contributed by atoms with Crippen LogP contribution in [0.15, 0.2) is 48.4 Å². The molecule has 0 amide bonds. The summed E-state index contributed by atoms with van der Waals surface area (Å²) in [5.41, 5.74) is 3.88. The zero-order valence-electron chi connectivity index (χ0n) is 30.9. The molecule has 0 spiro atoms. The van der Waals surface area contributed by atoms with Crippen molar-refractivity contribution in [2.45, 2.75) is 107 Å². The third-order valence-electron chi connectivity index (χ3n) is 9.08. The average Bonchev–Trinajstić information content (AvgIpc) is 2.96. The van der Waals surface area contributed by atoms with Crippen LogP contribution in [0.25, 0.3) is 32.8 Å². The molecule has 0 aliphatic rings. The van der Waals surface area contributed by atoms with E-state index in [1.54, 1.807) is 6.20 Å². The Morgan fingerprint density at radius 3 is 1.85 bits per heavy atom. The van der Waals surface area contributed by atoms with Crippen LogP contribution in [0.2, 0.25) is 39.3 Å². The molecular weight excluding hydrogens is 813 g/mol. The summed E-state index contributed by atoms with van der Waals surface area (Å²) in [7, 11) is -4.39. The van der Waals surface area contributed by atoms with Gasteiger partial charge in [-0.2, -0.15) is 0 Å². The second-order valence-corrected chi connectivity index (χ2v) is 24.9. The second-order valence-electron chi connectivity index (χ2n) is 14.9. The standard InChI is InChI=1S/C27H30F2NSi2.C13H24O2.Ir/c1-16-13-17(2)15-18(14-16)25-20-9-10-21-22(19(20)11-12-30-25)26(31(3,4)5)24(29)27(23(21)28)32(6,7)8;1-5-10(6-2)12(14)9-13(15)11(7-3)8-4;/h9-14H,1-8H3;9-11,14H,5-8H2,1-4H3;/q-1;;/b;12-9-;. The Morgan fingerprint density at radius 2 is 1.35 bits per heavy atom. The molecule has 0 bridgehead atoms. The van der Waals surface area contributed by atoms with Crippen molar-refractivity contribution in [1.82, 2.24) is 4.98 Å². The molecule has 48 heavy (non-hydrogen) atoms. The van der Waals surface area contributed by atoms with E-state index in [4.69, 9.17) is 0 Å². The van der Waals surface area contributed by atoms with Crippen LogP contribution in [0, 0.1) is 43.4 Å². The zero-order chi connectivity index (χ0) is 35.4. The number of aliphatic hydroxyl groups excluding tert-OH is 1. The van der Waals surface area contributed by atoms with Gasteiger partial charge in [-0.3, -0.25) is 4.79 Å². The first-order chi connectivity index (χ1) is 21.9. The van der Waals surface area contributed by atoms with Crippen LogP contribution in [-0.2, 0) is 24.9 Å². The average molecular weight is 867 g/mol. The van der Waals surface area contributed by atoms with Gasteiger partial charge in [0.05, 0.1) is 21.9 Å². The molecule has 1 heterocycles. The number of halogens is 2. The molecule has 0 unspecified atom stereocenters. The van der Waals surface area contributed by atoms with Crippen molar-refractivity contribution < 1.29 is 38.8 Å². The van der Waals surface area contributed by atoms with E-state index >= 15 is 8.78 Å². The van der Waals surface area contributed by atoms with Gasteiger partial charge in [0, 0.05) is 54.8 Å². The van der Waals surface area contributed by atoms with E-state index < -0.39 is 22.0 Å². The monoisotopic (exact) mass is 867 g/mol. The van der Waals surface area contributed by atoms with E-state index in [0.29, 0.717) is 16.0 Å². The van der Waals surface area contributed by atoms with Crippen molar-refractivity contribution in [3.63, 3.8) is 0 Å². The van der Waals surface area contributed by atoms with E-state index in [0.717, 1.165) is 64.0 Å². The third kappa shape index (κ3) is 9.18. The summed E-state index contributed by atoms with van der Waals surface area (Å²) in [6.07, 6.45) is 6.66. The molecule has 0 atom stereocenters. The van der Waals surface area contributed by atoms with E-state index in [9.17, 15) is 9.90 Å². The molecule has 4 aromatic rings. The van der Waals surface area contributed by atoms with Gasteiger partial charge in [-0.05, 0) is 58.8 Å². The number of nitrogens with zero attached hydrogens (tertiary/aromatic N) is 1. The van der Waals surface area contributed by atoms with Crippen LogP contribution in [0.3, 0.4) is 0 Å². The molecule has 1 aromatic heterocycles. The minimum atomic E-state index is -2.24. The maximum Gasteiger partial charge on any atom is 0.162 e. The Kier molecular flexibility index (Phi) is 14.7. The molecule has 0 saturated carbocycles. The minimum absolute atomic E-state index is 0. The minimum Gasteiger partial charge on any atom is -0.512 e. The predicted octanol–water partition coefficient (Wildman–Crippen LogP) is 10.7. The molecule has 3 aromatic carbocycles. The molecule has 4 rings (SSSR count). The zero-order valence-corrected chi connectivity index (χ0v) is 35.3. The largest absolute Gasteiger partial charge is 0.512 e. The van der Waals surface area contributed by atoms with Gasteiger partial charge in [-0.1, -0.05) is 93.0 Å². The number of fused-ring (bicyclic) bond motifs is 3. The second kappa shape index (κ2) is 16.9. The summed E-state index contributed by atoms with van der Waals surface area (Å²) in [5, 5.41) is 13.8. The maximum atomic E-state index is 16.1. The van der Waals surface area contributed by atoms with Crippen LogP contribution in [0.4, 0.5) is 8.78 Å². The first kappa shape index (κ1) is 41.7. The Bertz CT molecular complexity index is 1760. The van der Waals surface area contributed by atoms with Crippen LogP contribution >= 0.6 is 0 Å². The number of carbonyl (C=O) groups is 1. The number of hydrogen-bond donors (Lipinski definition) is 1. The molecule has 8 heteroatoms. The summed E-state index contributed by atoms with van der Waals surface area (Å²) in [6.45, 7) is 24.6. The van der Waals surface area contributed by atoms with Crippen LogP contribution in [-0.4, -0.2) is 32.0 Å². The van der Waals surface area contributed by atoms with E-state index in [1.807, 2.05) is 72.5 Å². The van der Waals surface area contributed by atoms with Gasteiger partial charge in [0.15, 0.2) is 5.78 Å². The summed E-state index contributed by atoms with van der Waals surface area (Å²) in [4.78, 5) is 16.4. The van der Waals surface area contributed by atoms with Crippen LogP contribution < -0.4 is 10.4 Å². The van der Waals surface area contributed by atoms with E-state index in [2.05, 4.69) is 49.7 Å². The van der Waals surface area contributed by atoms with Crippen molar-refractivity contribution in [2.24, 2.45) is 11.8 Å². The topological polar surface area (TPSA) is 50.2 Å². The third-order valence-corrected chi connectivity index (χ3v) is 13.0. The molecular formula is C40H54F2IrNO2Si2-. The molecule has 1 radical (unpaired) electrons. The van der Waals surface area contributed by atoms with Crippen LogP contribution in [0.1, 0.15) is 64.5 Å². The molecule has 1 N–H and O–H groups in total. The summed E-state index contributed by atoms with van der Waals surface area (Å²) < 4.78 is 32.0. The molecule has 263 valence electrons. The van der Waals surface area contributed by atoms with Crippen molar-refractivity contribution in [3.8, 4) is 11.3 Å². The number of aryl methyl sites for hydroxylation is 2. The van der Waals surface area contributed by atoms with Gasteiger partial charge >= 0.3 is 0 Å². The van der Waals surface area contributed by atoms with Crippen molar-refractivity contribution in [3.05, 3.63) is 77.2 Å². The van der Waals surface area contributed by atoms with Crippen LogP contribution in [0.5, 0.6) is 0 Å². The fraction of sp³-hybridized carbons (Fsp3) is 0.450. The van der Waals surface area contributed by atoms with Gasteiger partial charge in [0.1, 0.15) is 11.6 Å². The van der Waals surface area contributed by atoms with Crippen molar-refractivity contribution in [2.75, 3.05) is 0 Å². The molecule has 0 fully saturated rings.